The molecule has 0 heterocycles. The van der Waals surface area contributed by atoms with Gasteiger partial charge in [0.25, 0.3) is 0 Å². The number of hydrogen-bond acceptors (Lipinski definition) is 7. The number of unbranched alkanes of at least 4 members (excludes halogenated alkanes) is 9. The molecule has 12 heteroatoms. The lowest BCUT2D eigenvalue weighted by Gasteiger charge is -2.29. The molecule has 5 amide bonds. The summed E-state index contributed by atoms with van der Waals surface area (Å²) in [5.74, 6) is -5.88. The molecule has 0 bridgehead atoms. The second kappa shape index (κ2) is 26.5. The molecule has 0 unspecified atom stereocenters. The maximum atomic E-state index is 13.7. The first-order valence-corrected chi connectivity index (χ1v) is 19.8. The number of primary amides is 1. The molecule has 0 aliphatic carbocycles. The summed E-state index contributed by atoms with van der Waals surface area (Å²) in [6.07, 6.45) is 11.1. The quantitative estimate of drug-likeness (QED) is 0.0656. The molecule has 12 nitrogen and oxygen atoms in total. The van der Waals surface area contributed by atoms with Crippen molar-refractivity contribution in [3.8, 4) is 0 Å². The highest BCUT2D eigenvalue weighted by molar-refractivity contribution is 5.97. The van der Waals surface area contributed by atoms with Crippen LogP contribution in [0.1, 0.15) is 153 Å². The largest absolute Gasteiger partial charge is 0.368 e. The minimum Gasteiger partial charge on any atom is -0.368 e. The van der Waals surface area contributed by atoms with Crippen LogP contribution in [0.25, 0.3) is 0 Å². The van der Waals surface area contributed by atoms with Crippen LogP contribution < -0.4 is 27.0 Å². The number of Topliss-reactive ketones (excluding diaryl/α,β-unsaturated/α-hetero) is 2. The van der Waals surface area contributed by atoms with Gasteiger partial charge in [0, 0.05) is 38.1 Å². The Morgan fingerprint density at radius 2 is 0.923 bits per heavy atom. The van der Waals surface area contributed by atoms with Crippen LogP contribution in [0.3, 0.4) is 0 Å². The molecule has 0 aliphatic heterocycles. The van der Waals surface area contributed by atoms with Crippen molar-refractivity contribution in [3.05, 3.63) is 0 Å². The Bertz CT molecular complexity index is 1140. The van der Waals surface area contributed by atoms with Crippen LogP contribution in [0, 0.1) is 35.5 Å². The van der Waals surface area contributed by atoms with Gasteiger partial charge in [0.15, 0.2) is 11.6 Å². The summed E-state index contributed by atoms with van der Waals surface area (Å²) in [6.45, 7) is 18.4. The molecule has 0 rings (SSSR count). The predicted molar refractivity (Wildman–Crippen MR) is 206 cm³/mol. The zero-order chi connectivity index (χ0) is 40.0. The zero-order valence-corrected chi connectivity index (χ0v) is 34.0. The molecule has 0 saturated carbocycles. The van der Waals surface area contributed by atoms with E-state index in [0.29, 0.717) is 6.54 Å². The summed E-state index contributed by atoms with van der Waals surface area (Å²) in [5, 5.41) is 10.9. The van der Waals surface area contributed by atoms with Gasteiger partial charge in [-0.25, -0.2) is 0 Å². The van der Waals surface area contributed by atoms with Crippen LogP contribution in [-0.4, -0.2) is 65.8 Å². The number of amides is 5. The number of rotatable bonds is 29. The highest BCUT2D eigenvalue weighted by Gasteiger charge is 2.36. The van der Waals surface area contributed by atoms with Crippen molar-refractivity contribution in [2.45, 2.75) is 171 Å². The Balaban J connectivity index is 5.33. The average Bonchev–Trinajstić information content (AvgIpc) is 3.04. The van der Waals surface area contributed by atoms with Gasteiger partial charge >= 0.3 is 0 Å². The molecule has 0 fully saturated rings. The lowest BCUT2D eigenvalue weighted by Crippen LogP contribution is -2.52. The molecule has 300 valence electrons. The van der Waals surface area contributed by atoms with Gasteiger partial charge < -0.3 is 27.0 Å². The van der Waals surface area contributed by atoms with Crippen LogP contribution in [0.15, 0.2) is 0 Å². The van der Waals surface area contributed by atoms with E-state index in [-0.39, 0.29) is 60.4 Å². The van der Waals surface area contributed by atoms with E-state index in [1.807, 2.05) is 27.7 Å². The molecule has 0 aliphatic rings. The van der Waals surface area contributed by atoms with Gasteiger partial charge in [-0.05, 0) is 30.1 Å². The maximum absolute atomic E-state index is 13.7. The van der Waals surface area contributed by atoms with Crippen molar-refractivity contribution >= 4 is 41.1 Å². The average molecular weight is 736 g/mol. The second-order valence-corrected chi connectivity index (χ2v) is 15.9. The number of hydrogen-bond donors (Lipinski definition) is 5. The van der Waals surface area contributed by atoms with Crippen LogP contribution in [-0.2, 0) is 33.6 Å². The fraction of sp³-hybridized carbons (Fsp3) is 0.825. The Morgan fingerprint density at radius 3 is 1.31 bits per heavy atom. The number of ketones is 2. The number of nitrogens with one attached hydrogen (secondary N) is 4. The lowest BCUT2D eigenvalue weighted by molar-refractivity contribution is -0.137. The van der Waals surface area contributed by atoms with E-state index in [9.17, 15) is 33.6 Å². The van der Waals surface area contributed by atoms with E-state index in [1.165, 1.54) is 51.9 Å². The SMILES string of the molecule is CCCCCCCCCCCCNC(=O)C[C@@H](NC(=O)[C@@H](CC(=O)[C@@H](NC(=O)[C@@H](CC(=O)[C@@H](NC(C)=O)C(C)C)C(C)C)C(C)C)C(C)C)C(N)=O. The zero-order valence-electron chi connectivity index (χ0n) is 34.0. The Hall–Kier alpha value is -3.31. The van der Waals surface area contributed by atoms with Crippen molar-refractivity contribution in [1.29, 1.82) is 0 Å². The molecular formula is C40H73N5O7. The minimum absolute atomic E-state index is 0.107. The lowest BCUT2D eigenvalue weighted by atomic mass is 9.83. The maximum Gasteiger partial charge on any atom is 0.240 e. The van der Waals surface area contributed by atoms with Crippen LogP contribution in [0.5, 0.6) is 0 Å². The molecule has 0 saturated heterocycles. The third-order valence-electron chi connectivity index (χ3n) is 9.71. The fourth-order valence-corrected chi connectivity index (χ4v) is 6.27. The molecular weight excluding hydrogens is 662 g/mol. The molecule has 0 aromatic carbocycles. The molecule has 0 aromatic rings. The van der Waals surface area contributed by atoms with Gasteiger partial charge in [-0.15, -0.1) is 0 Å². The molecule has 0 spiro atoms. The van der Waals surface area contributed by atoms with Crippen molar-refractivity contribution in [2.75, 3.05) is 6.54 Å². The first-order chi connectivity index (χ1) is 24.3. The molecule has 5 atom stereocenters. The van der Waals surface area contributed by atoms with Gasteiger partial charge in [-0.2, -0.15) is 0 Å². The second-order valence-electron chi connectivity index (χ2n) is 15.9. The molecule has 0 radical (unpaired) electrons. The van der Waals surface area contributed by atoms with E-state index in [2.05, 4.69) is 28.2 Å². The smallest absolute Gasteiger partial charge is 0.240 e. The van der Waals surface area contributed by atoms with Gasteiger partial charge in [-0.3, -0.25) is 33.6 Å². The molecule has 0 aromatic heterocycles. The van der Waals surface area contributed by atoms with Gasteiger partial charge in [-0.1, -0.05) is 120 Å². The number of nitrogens with two attached hydrogens (primary N) is 1. The van der Waals surface area contributed by atoms with E-state index in [0.717, 1.165) is 19.3 Å². The fourth-order valence-electron chi connectivity index (χ4n) is 6.27. The van der Waals surface area contributed by atoms with E-state index < -0.39 is 53.6 Å². The first-order valence-electron chi connectivity index (χ1n) is 19.8. The van der Waals surface area contributed by atoms with E-state index in [4.69, 9.17) is 5.73 Å². The summed E-state index contributed by atoms with van der Waals surface area (Å²) in [6, 6.07) is -2.91. The molecule has 52 heavy (non-hydrogen) atoms. The summed E-state index contributed by atoms with van der Waals surface area (Å²) in [4.78, 5) is 90.4. The minimum atomic E-state index is -1.24. The molecule has 6 N–H and O–H groups in total. The van der Waals surface area contributed by atoms with E-state index in [1.54, 1.807) is 27.7 Å². The van der Waals surface area contributed by atoms with Gasteiger partial charge in [0.2, 0.25) is 29.5 Å². The van der Waals surface area contributed by atoms with Crippen molar-refractivity contribution < 1.29 is 33.6 Å². The van der Waals surface area contributed by atoms with Crippen LogP contribution in [0.2, 0.25) is 0 Å². The number of carbonyl (C=O) groups is 7. The highest BCUT2D eigenvalue weighted by atomic mass is 16.2. The summed E-state index contributed by atoms with van der Waals surface area (Å²) < 4.78 is 0. The Labute approximate surface area is 314 Å². The van der Waals surface area contributed by atoms with E-state index >= 15 is 0 Å². The standard InChI is InChI=1S/C40H73N5O7/c1-11-12-13-14-15-16-17-18-19-20-21-42-35(49)24-32(38(41)50)44-39(51)30(25(2)3)22-34(48)37(28(8)9)45-40(52)31(26(4)5)23-33(47)36(27(6)7)43-29(10)46/h25-28,30-32,36-37H,11-24H2,1-10H3,(H2,41,50)(H,42,49)(H,43,46)(H,44,51)(H,45,52)/t30-,31-,32+,36-,37-/m0/s1. The topological polar surface area (TPSA) is 194 Å². The van der Waals surface area contributed by atoms with Crippen molar-refractivity contribution in [1.82, 2.24) is 21.3 Å². The summed E-state index contributed by atoms with van der Waals surface area (Å²) in [7, 11) is 0. The van der Waals surface area contributed by atoms with Gasteiger partial charge in [0.1, 0.15) is 6.04 Å². The van der Waals surface area contributed by atoms with Crippen molar-refractivity contribution in [3.63, 3.8) is 0 Å². The monoisotopic (exact) mass is 736 g/mol. The van der Waals surface area contributed by atoms with Gasteiger partial charge in [0.05, 0.1) is 18.5 Å². The van der Waals surface area contributed by atoms with Crippen LogP contribution >= 0.6 is 0 Å². The third kappa shape index (κ3) is 20.1. The summed E-state index contributed by atoms with van der Waals surface area (Å²) in [5.41, 5.74) is 5.57. The van der Waals surface area contributed by atoms with Crippen LogP contribution in [0.4, 0.5) is 0 Å². The first kappa shape index (κ1) is 48.7. The van der Waals surface area contributed by atoms with Crippen molar-refractivity contribution in [2.24, 2.45) is 41.2 Å². The number of carbonyl (C=O) groups excluding carboxylic acids is 7. The normalized spacial score (nSPS) is 14.4. The third-order valence-corrected chi connectivity index (χ3v) is 9.71. The summed E-state index contributed by atoms with van der Waals surface area (Å²) >= 11 is 0. The Kier molecular flexibility index (Phi) is 24.8. The highest BCUT2D eigenvalue weighted by Crippen LogP contribution is 2.23. The predicted octanol–water partition coefficient (Wildman–Crippen LogP) is 5.15. The Morgan fingerprint density at radius 1 is 0.519 bits per heavy atom.